The van der Waals surface area contributed by atoms with Gasteiger partial charge in [0.1, 0.15) is 23.7 Å². The zero-order valence-corrected chi connectivity index (χ0v) is 10.6. The Bertz CT molecular complexity index is 526. The van der Waals surface area contributed by atoms with Crippen LogP contribution in [-0.4, -0.2) is 37.6 Å². The second kappa shape index (κ2) is 6.43. The van der Waals surface area contributed by atoms with Gasteiger partial charge in [0, 0.05) is 6.54 Å². The second-order valence-corrected chi connectivity index (χ2v) is 3.83. The van der Waals surface area contributed by atoms with E-state index in [1.54, 1.807) is 6.20 Å². The van der Waals surface area contributed by atoms with Gasteiger partial charge in [-0.3, -0.25) is 14.9 Å². The van der Waals surface area contributed by atoms with E-state index in [2.05, 4.69) is 35.8 Å². The monoisotopic (exact) mass is 261 g/mol. The molecule has 0 saturated heterocycles. The third-order valence-corrected chi connectivity index (χ3v) is 2.30. The number of hydrogen-bond acceptors (Lipinski definition) is 6. The van der Waals surface area contributed by atoms with Gasteiger partial charge in [-0.2, -0.15) is 5.10 Å². The van der Waals surface area contributed by atoms with Crippen molar-refractivity contribution in [2.45, 2.75) is 19.9 Å². The second-order valence-electron chi connectivity index (χ2n) is 3.83. The first-order valence-electron chi connectivity index (χ1n) is 5.98. The fourth-order valence-corrected chi connectivity index (χ4v) is 1.38. The molecule has 0 bridgehead atoms. The number of nitrogens with zero attached hydrogens (tertiary/aromatic N) is 4. The van der Waals surface area contributed by atoms with Crippen LogP contribution >= 0.6 is 0 Å². The van der Waals surface area contributed by atoms with E-state index >= 15 is 0 Å². The Morgan fingerprint density at radius 1 is 1.42 bits per heavy atom. The molecule has 1 amide bonds. The minimum Gasteiger partial charge on any atom is -0.369 e. The topological polar surface area (TPSA) is 108 Å². The molecule has 0 saturated carbocycles. The van der Waals surface area contributed by atoms with E-state index in [9.17, 15) is 4.79 Å². The van der Waals surface area contributed by atoms with E-state index < -0.39 is 0 Å². The Labute approximate surface area is 110 Å². The maximum absolute atomic E-state index is 11.9. The average Bonchev–Trinajstić information content (AvgIpc) is 2.96. The molecule has 0 aromatic carbocycles. The highest BCUT2D eigenvalue weighted by molar-refractivity contribution is 5.92. The number of H-pyrrole nitrogens is 1. The van der Waals surface area contributed by atoms with Crippen molar-refractivity contribution in [1.29, 1.82) is 0 Å². The predicted octanol–water partition coefficient (Wildman–Crippen LogP) is 0.347. The maximum Gasteiger partial charge on any atom is 0.271 e. The molecule has 0 fully saturated rings. The summed E-state index contributed by atoms with van der Waals surface area (Å²) in [4.78, 5) is 23.9. The molecule has 8 nitrogen and oxygen atoms in total. The molecule has 2 aromatic heterocycles. The van der Waals surface area contributed by atoms with Crippen LogP contribution in [0.3, 0.4) is 0 Å². The summed E-state index contributed by atoms with van der Waals surface area (Å²) in [6.45, 7) is 3.11. The minimum absolute atomic E-state index is 0.264. The van der Waals surface area contributed by atoms with E-state index in [1.165, 1.54) is 12.5 Å². The summed E-state index contributed by atoms with van der Waals surface area (Å²) in [6, 6.07) is 0. The lowest BCUT2D eigenvalue weighted by atomic mass is 10.4. The summed E-state index contributed by atoms with van der Waals surface area (Å²) in [6.07, 6.45) is 5.37. The summed E-state index contributed by atoms with van der Waals surface area (Å²) in [5.41, 5.74) is 0.264. The van der Waals surface area contributed by atoms with E-state index in [0.29, 0.717) is 11.6 Å². The number of aromatic nitrogens is 5. The molecule has 0 aliphatic carbocycles. The van der Waals surface area contributed by atoms with Gasteiger partial charge in [0.2, 0.25) is 0 Å². The number of rotatable bonds is 6. The normalized spacial score (nSPS) is 10.2. The number of nitrogens with one attached hydrogen (secondary N) is 3. The SMILES string of the molecule is CCCNc1cncc(C(=O)NCc2ncn[nH]2)n1. The van der Waals surface area contributed by atoms with Gasteiger partial charge < -0.3 is 10.6 Å². The zero-order valence-electron chi connectivity index (χ0n) is 10.6. The van der Waals surface area contributed by atoms with E-state index in [0.717, 1.165) is 13.0 Å². The van der Waals surface area contributed by atoms with Crippen molar-refractivity contribution in [2.75, 3.05) is 11.9 Å². The molecule has 2 rings (SSSR count). The number of hydrogen-bond donors (Lipinski definition) is 3. The van der Waals surface area contributed by atoms with Crippen LogP contribution in [-0.2, 0) is 6.54 Å². The van der Waals surface area contributed by atoms with Gasteiger partial charge in [0.25, 0.3) is 5.91 Å². The lowest BCUT2D eigenvalue weighted by Gasteiger charge is -2.05. The van der Waals surface area contributed by atoms with E-state index in [-0.39, 0.29) is 18.1 Å². The first-order chi connectivity index (χ1) is 9.29. The quantitative estimate of drug-likeness (QED) is 0.692. The van der Waals surface area contributed by atoms with Gasteiger partial charge in [-0.25, -0.2) is 9.97 Å². The number of amides is 1. The van der Waals surface area contributed by atoms with Crippen molar-refractivity contribution < 1.29 is 4.79 Å². The Hall–Kier alpha value is -2.51. The molecular formula is C11H15N7O. The molecule has 8 heteroatoms. The van der Waals surface area contributed by atoms with Gasteiger partial charge in [-0.15, -0.1) is 0 Å². The molecule has 0 aliphatic heterocycles. The van der Waals surface area contributed by atoms with Crippen LogP contribution in [0.1, 0.15) is 29.7 Å². The lowest BCUT2D eigenvalue weighted by Crippen LogP contribution is -2.25. The highest BCUT2D eigenvalue weighted by atomic mass is 16.1. The molecular weight excluding hydrogens is 246 g/mol. The number of carbonyl (C=O) groups is 1. The highest BCUT2D eigenvalue weighted by Crippen LogP contribution is 2.02. The van der Waals surface area contributed by atoms with Crippen molar-refractivity contribution in [2.24, 2.45) is 0 Å². The van der Waals surface area contributed by atoms with Crippen LogP contribution < -0.4 is 10.6 Å². The van der Waals surface area contributed by atoms with Crippen LogP contribution in [0, 0.1) is 0 Å². The van der Waals surface area contributed by atoms with E-state index in [4.69, 9.17) is 0 Å². The minimum atomic E-state index is -0.302. The summed E-state index contributed by atoms with van der Waals surface area (Å²) in [5.74, 6) is 0.875. The summed E-state index contributed by atoms with van der Waals surface area (Å²) in [7, 11) is 0. The third-order valence-electron chi connectivity index (χ3n) is 2.30. The van der Waals surface area contributed by atoms with Crippen LogP contribution in [0.2, 0.25) is 0 Å². The first kappa shape index (κ1) is 12.9. The van der Waals surface area contributed by atoms with E-state index in [1.807, 2.05) is 6.92 Å². The molecule has 0 aliphatic rings. The van der Waals surface area contributed by atoms with Crippen molar-refractivity contribution in [3.8, 4) is 0 Å². The molecule has 0 atom stereocenters. The first-order valence-corrected chi connectivity index (χ1v) is 5.98. The van der Waals surface area contributed by atoms with Gasteiger partial charge >= 0.3 is 0 Å². The molecule has 2 heterocycles. The average molecular weight is 261 g/mol. The molecule has 0 radical (unpaired) electrons. The van der Waals surface area contributed by atoms with Gasteiger partial charge in [0.05, 0.1) is 18.9 Å². The van der Waals surface area contributed by atoms with Gasteiger partial charge in [0.15, 0.2) is 0 Å². The fraction of sp³-hybridized carbons (Fsp3) is 0.364. The van der Waals surface area contributed by atoms with Crippen LogP contribution in [0.5, 0.6) is 0 Å². The standard InChI is InChI=1S/C11H15N7O/c1-2-3-13-9-5-12-4-8(17-9)11(19)14-6-10-15-7-16-18-10/h4-5,7H,2-3,6H2,1H3,(H,13,17)(H,14,19)(H,15,16,18). The van der Waals surface area contributed by atoms with Gasteiger partial charge in [-0.05, 0) is 6.42 Å². The van der Waals surface area contributed by atoms with Crippen molar-refractivity contribution in [3.63, 3.8) is 0 Å². The maximum atomic E-state index is 11.9. The molecule has 3 N–H and O–H groups in total. The number of aromatic amines is 1. The van der Waals surface area contributed by atoms with Crippen LogP contribution in [0.4, 0.5) is 5.82 Å². The Morgan fingerprint density at radius 2 is 2.32 bits per heavy atom. The zero-order chi connectivity index (χ0) is 13.5. The number of carbonyl (C=O) groups excluding carboxylic acids is 1. The number of anilines is 1. The fourth-order valence-electron chi connectivity index (χ4n) is 1.38. The van der Waals surface area contributed by atoms with Crippen molar-refractivity contribution in [3.05, 3.63) is 30.2 Å². The van der Waals surface area contributed by atoms with Crippen LogP contribution in [0.25, 0.3) is 0 Å². The smallest absolute Gasteiger partial charge is 0.271 e. The molecule has 19 heavy (non-hydrogen) atoms. The molecule has 100 valence electrons. The summed E-state index contributed by atoms with van der Waals surface area (Å²) < 4.78 is 0. The largest absolute Gasteiger partial charge is 0.369 e. The molecule has 2 aromatic rings. The molecule has 0 spiro atoms. The summed E-state index contributed by atoms with van der Waals surface area (Å²) in [5, 5.41) is 12.1. The van der Waals surface area contributed by atoms with Crippen molar-refractivity contribution >= 4 is 11.7 Å². The van der Waals surface area contributed by atoms with Crippen molar-refractivity contribution in [1.82, 2.24) is 30.5 Å². The van der Waals surface area contributed by atoms with Gasteiger partial charge in [-0.1, -0.05) is 6.92 Å². The Kier molecular flexibility index (Phi) is 4.38. The highest BCUT2D eigenvalue weighted by Gasteiger charge is 2.09. The Morgan fingerprint density at radius 3 is 3.05 bits per heavy atom. The molecule has 0 unspecified atom stereocenters. The predicted molar refractivity (Wildman–Crippen MR) is 68.4 cm³/mol. The third kappa shape index (κ3) is 3.73. The summed E-state index contributed by atoms with van der Waals surface area (Å²) >= 11 is 0. The lowest BCUT2D eigenvalue weighted by molar-refractivity contribution is 0.0944. The Balaban J connectivity index is 1.94. The van der Waals surface area contributed by atoms with Crippen LogP contribution in [0.15, 0.2) is 18.7 Å².